The van der Waals surface area contributed by atoms with Gasteiger partial charge < -0.3 is 9.30 Å². The van der Waals surface area contributed by atoms with Crippen molar-refractivity contribution < 1.29 is 9.30 Å². The zero-order valence-electron chi connectivity index (χ0n) is 16.7. The van der Waals surface area contributed by atoms with Crippen molar-refractivity contribution in [3.05, 3.63) is 53.9 Å². The molecule has 0 spiro atoms. The number of ether oxygens (including phenoxy) is 1. The molecule has 28 heavy (non-hydrogen) atoms. The summed E-state index contributed by atoms with van der Waals surface area (Å²) in [4.78, 5) is 0. The third-order valence-electron chi connectivity index (χ3n) is 6.83. The number of benzene rings is 2. The van der Waals surface area contributed by atoms with Gasteiger partial charge in [-0.25, -0.2) is 0 Å². The van der Waals surface area contributed by atoms with E-state index in [4.69, 9.17) is 4.74 Å². The SMILES string of the molecule is Cc1ccc2c3c(cn2C)Oc2c([n+](C)cc4ccc(C5CCCC5)cc24)-c13. The van der Waals surface area contributed by atoms with Gasteiger partial charge in [0, 0.05) is 24.0 Å². The normalized spacial score (nSPS) is 16.0. The van der Waals surface area contributed by atoms with Crippen molar-refractivity contribution in [3.63, 3.8) is 0 Å². The summed E-state index contributed by atoms with van der Waals surface area (Å²) in [7, 11) is 4.24. The number of aromatic nitrogens is 2. The molecule has 0 radical (unpaired) electrons. The Kier molecular flexibility index (Phi) is 3.24. The van der Waals surface area contributed by atoms with Crippen LogP contribution in [0.3, 0.4) is 0 Å². The third kappa shape index (κ3) is 2.07. The average molecular weight is 369 g/mol. The molecule has 2 aliphatic rings. The summed E-state index contributed by atoms with van der Waals surface area (Å²) in [5.74, 6) is 2.69. The van der Waals surface area contributed by atoms with Crippen LogP contribution in [0.5, 0.6) is 11.5 Å². The summed E-state index contributed by atoms with van der Waals surface area (Å²) in [5.41, 5.74) is 6.49. The number of pyridine rings is 1. The Morgan fingerprint density at radius 2 is 1.93 bits per heavy atom. The molecule has 4 aromatic rings. The van der Waals surface area contributed by atoms with Crippen LogP contribution in [-0.2, 0) is 14.1 Å². The summed E-state index contributed by atoms with van der Waals surface area (Å²) >= 11 is 0. The molecule has 2 aromatic carbocycles. The molecule has 1 aliphatic heterocycles. The van der Waals surface area contributed by atoms with Gasteiger partial charge in [-0.15, -0.1) is 0 Å². The molecule has 0 amide bonds. The maximum atomic E-state index is 6.60. The second-order valence-electron chi connectivity index (χ2n) is 8.60. The Balaban J connectivity index is 1.69. The minimum Gasteiger partial charge on any atom is -0.447 e. The Morgan fingerprint density at radius 1 is 1.11 bits per heavy atom. The maximum absolute atomic E-state index is 6.60. The first-order chi connectivity index (χ1) is 13.6. The summed E-state index contributed by atoms with van der Waals surface area (Å²) in [6.07, 6.45) is 9.72. The molecule has 1 aliphatic carbocycles. The molecule has 3 heterocycles. The first-order valence-corrected chi connectivity index (χ1v) is 10.3. The van der Waals surface area contributed by atoms with Crippen molar-refractivity contribution in [1.29, 1.82) is 0 Å². The minimum absolute atomic E-state index is 0.704. The summed E-state index contributed by atoms with van der Waals surface area (Å²) < 4.78 is 11.0. The Hall–Kier alpha value is -2.81. The zero-order valence-corrected chi connectivity index (χ0v) is 16.7. The van der Waals surface area contributed by atoms with Gasteiger partial charge >= 0.3 is 0 Å². The van der Waals surface area contributed by atoms with Crippen molar-refractivity contribution >= 4 is 21.7 Å². The van der Waals surface area contributed by atoms with E-state index in [1.807, 2.05) is 0 Å². The maximum Gasteiger partial charge on any atom is 0.257 e. The number of hydrogen-bond acceptors (Lipinski definition) is 1. The second-order valence-corrected chi connectivity index (χ2v) is 8.60. The number of rotatable bonds is 1. The van der Waals surface area contributed by atoms with Crippen LogP contribution in [0.25, 0.3) is 32.9 Å². The van der Waals surface area contributed by atoms with Crippen LogP contribution >= 0.6 is 0 Å². The lowest BCUT2D eigenvalue weighted by Crippen LogP contribution is -2.32. The molecule has 6 rings (SSSR count). The van der Waals surface area contributed by atoms with E-state index in [9.17, 15) is 0 Å². The fraction of sp³-hybridized carbons (Fsp3) is 0.320. The van der Waals surface area contributed by atoms with Gasteiger partial charge in [0.1, 0.15) is 7.05 Å². The van der Waals surface area contributed by atoms with Gasteiger partial charge in [0.05, 0.1) is 16.5 Å². The highest BCUT2D eigenvalue weighted by Crippen LogP contribution is 2.49. The number of aryl methyl sites for hydroxylation is 3. The quantitative estimate of drug-likeness (QED) is 0.337. The van der Waals surface area contributed by atoms with Crippen molar-refractivity contribution in [2.75, 3.05) is 0 Å². The monoisotopic (exact) mass is 369 g/mol. The lowest BCUT2D eigenvalue weighted by molar-refractivity contribution is -0.659. The number of hydrogen-bond donors (Lipinski definition) is 0. The number of fused-ring (bicyclic) bond motifs is 4. The van der Waals surface area contributed by atoms with E-state index < -0.39 is 0 Å². The summed E-state index contributed by atoms with van der Waals surface area (Å²) in [5, 5.41) is 3.72. The Bertz CT molecular complexity index is 1280. The molecule has 1 saturated carbocycles. The van der Waals surface area contributed by atoms with E-state index in [0.717, 1.165) is 11.5 Å². The first-order valence-electron chi connectivity index (χ1n) is 10.3. The summed E-state index contributed by atoms with van der Waals surface area (Å²) in [6, 6.07) is 11.4. The Morgan fingerprint density at radius 3 is 2.75 bits per heavy atom. The summed E-state index contributed by atoms with van der Waals surface area (Å²) in [6.45, 7) is 2.21. The van der Waals surface area contributed by atoms with E-state index in [0.29, 0.717) is 5.92 Å². The highest BCUT2D eigenvalue weighted by molar-refractivity contribution is 6.06. The highest BCUT2D eigenvalue weighted by Gasteiger charge is 2.32. The predicted molar refractivity (Wildman–Crippen MR) is 113 cm³/mol. The predicted octanol–water partition coefficient (Wildman–Crippen LogP) is 5.89. The number of nitrogens with zero attached hydrogens (tertiary/aromatic N) is 2. The van der Waals surface area contributed by atoms with Crippen LogP contribution < -0.4 is 9.30 Å². The molecule has 0 atom stereocenters. The molecule has 3 nitrogen and oxygen atoms in total. The van der Waals surface area contributed by atoms with Gasteiger partial charge in [0.15, 0.2) is 11.9 Å². The minimum atomic E-state index is 0.704. The molecule has 0 saturated heterocycles. The van der Waals surface area contributed by atoms with E-state index in [1.165, 1.54) is 69.7 Å². The zero-order chi connectivity index (χ0) is 19.0. The van der Waals surface area contributed by atoms with Crippen molar-refractivity contribution in [1.82, 2.24) is 4.57 Å². The molecule has 140 valence electrons. The van der Waals surface area contributed by atoms with Gasteiger partial charge in [-0.2, -0.15) is 4.57 Å². The van der Waals surface area contributed by atoms with Crippen LogP contribution in [0.2, 0.25) is 0 Å². The molecule has 0 unspecified atom stereocenters. The van der Waals surface area contributed by atoms with Crippen molar-refractivity contribution in [2.45, 2.75) is 38.5 Å². The molecule has 0 bridgehead atoms. The average Bonchev–Trinajstić information content (AvgIpc) is 3.32. The topological polar surface area (TPSA) is 18.0 Å². The largest absolute Gasteiger partial charge is 0.447 e. The molecule has 3 heteroatoms. The molecule has 1 fully saturated rings. The second kappa shape index (κ2) is 5.60. The van der Waals surface area contributed by atoms with Crippen LogP contribution in [0.15, 0.2) is 42.7 Å². The fourth-order valence-electron chi connectivity index (χ4n) is 5.39. The van der Waals surface area contributed by atoms with Gasteiger partial charge in [0.25, 0.3) is 5.69 Å². The molecular formula is C25H25N2O+. The van der Waals surface area contributed by atoms with Gasteiger partial charge in [-0.3, -0.25) is 0 Å². The smallest absolute Gasteiger partial charge is 0.257 e. The van der Waals surface area contributed by atoms with E-state index >= 15 is 0 Å². The van der Waals surface area contributed by atoms with Crippen LogP contribution in [0.4, 0.5) is 0 Å². The van der Waals surface area contributed by atoms with Crippen molar-refractivity contribution in [2.24, 2.45) is 14.1 Å². The standard InChI is InChI=1S/C25H25N2O/c1-15-8-11-20-23-21(14-26(20)2)28-25-19-12-17(16-6-4-5-7-16)9-10-18(19)13-27(3)24(25)22(15)23/h8-14,16H,4-7H2,1-3H3/q+1. The highest BCUT2D eigenvalue weighted by atomic mass is 16.5. The van der Waals surface area contributed by atoms with Crippen LogP contribution in [0.1, 0.15) is 42.7 Å². The molecular weight excluding hydrogens is 344 g/mol. The van der Waals surface area contributed by atoms with Gasteiger partial charge in [-0.05, 0) is 55.0 Å². The Labute approximate surface area is 165 Å². The van der Waals surface area contributed by atoms with Crippen molar-refractivity contribution in [3.8, 4) is 22.8 Å². The first kappa shape index (κ1) is 16.2. The lowest BCUT2D eigenvalue weighted by atomic mass is 9.92. The van der Waals surface area contributed by atoms with Crippen LogP contribution in [-0.4, -0.2) is 4.57 Å². The third-order valence-corrected chi connectivity index (χ3v) is 6.83. The lowest BCUT2D eigenvalue weighted by Gasteiger charge is -2.20. The van der Waals surface area contributed by atoms with E-state index in [-0.39, 0.29) is 0 Å². The van der Waals surface area contributed by atoms with E-state index in [2.05, 4.69) is 72.9 Å². The molecule has 0 N–H and O–H groups in total. The van der Waals surface area contributed by atoms with Gasteiger partial charge in [-0.1, -0.05) is 25.0 Å². The fourth-order valence-corrected chi connectivity index (χ4v) is 5.39. The van der Waals surface area contributed by atoms with E-state index in [1.54, 1.807) is 0 Å². The van der Waals surface area contributed by atoms with Crippen LogP contribution in [0, 0.1) is 6.92 Å². The molecule has 2 aromatic heterocycles. The van der Waals surface area contributed by atoms with Gasteiger partial charge in [0.2, 0.25) is 5.75 Å².